The Morgan fingerprint density at radius 2 is 2.22 bits per heavy atom. The zero-order valence-electron chi connectivity index (χ0n) is 9.64. The molecule has 0 bridgehead atoms. The van der Waals surface area contributed by atoms with E-state index in [1.165, 1.54) is 7.05 Å². The standard InChI is InChI=1S/C8H13N7O2S/c1-10-18(16,17)3-2-11-6-5-4-12-15-7(5)14-8(9)13-6/h4,10H,2-3H2,1H3,(H4,9,11,12,13,14,15). The first kappa shape index (κ1) is 12.5. The molecule has 0 amide bonds. The van der Waals surface area contributed by atoms with Crippen molar-refractivity contribution in [2.45, 2.75) is 0 Å². The first-order valence-corrected chi connectivity index (χ1v) is 6.79. The molecule has 2 rings (SSSR count). The maximum atomic E-state index is 11.2. The van der Waals surface area contributed by atoms with Gasteiger partial charge in [-0.15, -0.1) is 0 Å². The first-order valence-electron chi connectivity index (χ1n) is 5.13. The van der Waals surface area contributed by atoms with Crippen molar-refractivity contribution < 1.29 is 8.42 Å². The average molecular weight is 271 g/mol. The number of H-pyrrole nitrogens is 1. The molecule has 18 heavy (non-hydrogen) atoms. The van der Waals surface area contributed by atoms with Crippen LogP contribution in [0.3, 0.4) is 0 Å². The Morgan fingerprint density at radius 3 is 2.94 bits per heavy atom. The molecule has 2 aromatic heterocycles. The molecule has 5 N–H and O–H groups in total. The van der Waals surface area contributed by atoms with Gasteiger partial charge in [-0.2, -0.15) is 15.1 Å². The summed E-state index contributed by atoms with van der Waals surface area (Å²) >= 11 is 0. The zero-order chi connectivity index (χ0) is 13.2. The largest absolute Gasteiger partial charge is 0.368 e. The molecule has 9 nitrogen and oxygen atoms in total. The van der Waals surface area contributed by atoms with Crippen LogP contribution in [0.25, 0.3) is 11.0 Å². The van der Waals surface area contributed by atoms with Gasteiger partial charge in [-0.3, -0.25) is 5.10 Å². The molecule has 0 unspecified atom stereocenters. The minimum Gasteiger partial charge on any atom is -0.368 e. The van der Waals surface area contributed by atoms with Crippen LogP contribution in [-0.4, -0.2) is 47.9 Å². The maximum absolute atomic E-state index is 11.2. The van der Waals surface area contributed by atoms with E-state index in [-0.39, 0.29) is 18.2 Å². The maximum Gasteiger partial charge on any atom is 0.224 e. The van der Waals surface area contributed by atoms with Crippen LogP contribution >= 0.6 is 0 Å². The molecule has 0 saturated heterocycles. The van der Waals surface area contributed by atoms with Gasteiger partial charge in [0.25, 0.3) is 0 Å². The SMILES string of the molecule is CNS(=O)(=O)CCNc1nc(N)nc2[nH]ncc12. The number of fused-ring (bicyclic) bond motifs is 1. The lowest BCUT2D eigenvalue weighted by molar-refractivity contribution is 0.588. The quantitative estimate of drug-likeness (QED) is 0.541. The number of rotatable bonds is 5. The summed E-state index contributed by atoms with van der Waals surface area (Å²) in [5, 5.41) is 10.0. The van der Waals surface area contributed by atoms with Crippen molar-refractivity contribution in [1.82, 2.24) is 24.9 Å². The molecule has 0 radical (unpaired) electrons. The molecule has 2 aromatic rings. The number of hydrogen-bond donors (Lipinski definition) is 4. The molecule has 0 aliphatic rings. The van der Waals surface area contributed by atoms with E-state index in [2.05, 4.69) is 30.2 Å². The summed E-state index contributed by atoms with van der Waals surface area (Å²) in [4.78, 5) is 7.95. The number of nitrogens with one attached hydrogen (secondary N) is 3. The van der Waals surface area contributed by atoms with E-state index >= 15 is 0 Å². The lowest BCUT2D eigenvalue weighted by atomic mass is 10.4. The Morgan fingerprint density at radius 1 is 1.44 bits per heavy atom. The number of aromatic amines is 1. The molecule has 2 heterocycles. The number of sulfonamides is 1. The molecular weight excluding hydrogens is 258 g/mol. The van der Waals surface area contributed by atoms with Crippen molar-refractivity contribution in [1.29, 1.82) is 0 Å². The third-order valence-electron chi connectivity index (χ3n) is 2.30. The Kier molecular flexibility index (Phi) is 3.30. The molecule has 0 atom stereocenters. The Bertz CT molecular complexity index is 651. The second-order valence-corrected chi connectivity index (χ2v) is 5.56. The fraction of sp³-hybridized carbons (Fsp3) is 0.375. The minimum absolute atomic E-state index is 0.0627. The minimum atomic E-state index is -3.25. The lowest BCUT2D eigenvalue weighted by Gasteiger charge is -2.07. The lowest BCUT2D eigenvalue weighted by Crippen LogP contribution is -2.26. The first-order chi connectivity index (χ1) is 8.52. The normalized spacial score (nSPS) is 11.8. The highest BCUT2D eigenvalue weighted by Crippen LogP contribution is 2.18. The van der Waals surface area contributed by atoms with Crippen molar-refractivity contribution >= 4 is 32.8 Å². The van der Waals surface area contributed by atoms with Crippen LogP contribution in [0.4, 0.5) is 11.8 Å². The summed E-state index contributed by atoms with van der Waals surface area (Å²) in [5.41, 5.74) is 6.03. The Balaban J connectivity index is 2.14. The van der Waals surface area contributed by atoms with Crippen LogP contribution in [0.5, 0.6) is 0 Å². The average Bonchev–Trinajstić information content (AvgIpc) is 2.76. The van der Waals surface area contributed by atoms with E-state index in [0.29, 0.717) is 16.9 Å². The summed E-state index contributed by atoms with van der Waals surface area (Å²) in [6.07, 6.45) is 1.55. The van der Waals surface area contributed by atoms with Gasteiger partial charge in [-0.1, -0.05) is 0 Å². The van der Waals surface area contributed by atoms with Gasteiger partial charge < -0.3 is 11.1 Å². The molecule has 10 heteroatoms. The van der Waals surface area contributed by atoms with E-state index in [9.17, 15) is 8.42 Å². The molecule has 0 saturated carbocycles. The van der Waals surface area contributed by atoms with E-state index in [4.69, 9.17) is 5.73 Å². The zero-order valence-corrected chi connectivity index (χ0v) is 10.5. The van der Waals surface area contributed by atoms with Gasteiger partial charge in [0.1, 0.15) is 5.82 Å². The fourth-order valence-electron chi connectivity index (χ4n) is 1.39. The number of anilines is 2. The van der Waals surface area contributed by atoms with Crippen LogP contribution in [0.1, 0.15) is 0 Å². The van der Waals surface area contributed by atoms with Crippen molar-refractivity contribution in [3.63, 3.8) is 0 Å². The van der Waals surface area contributed by atoms with Crippen LogP contribution < -0.4 is 15.8 Å². The monoisotopic (exact) mass is 271 g/mol. The van der Waals surface area contributed by atoms with Crippen LogP contribution in [-0.2, 0) is 10.0 Å². The van der Waals surface area contributed by atoms with Crippen LogP contribution in [0.2, 0.25) is 0 Å². The predicted octanol–water partition coefficient (Wildman–Crippen LogP) is -1.10. The molecule has 98 valence electrons. The van der Waals surface area contributed by atoms with Crippen LogP contribution in [0, 0.1) is 0 Å². The highest BCUT2D eigenvalue weighted by Gasteiger charge is 2.10. The third-order valence-corrected chi connectivity index (χ3v) is 3.66. The summed E-state index contributed by atoms with van der Waals surface area (Å²) in [7, 11) is -1.88. The van der Waals surface area contributed by atoms with Gasteiger partial charge in [0.2, 0.25) is 16.0 Å². The van der Waals surface area contributed by atoms with Gasteiger partial charge in [0, 0.05) is 6.54 Å². The van der Waals surface area contributed by atoms with Crippen molar-refractivity contribution in [3.05, 3.63) is 6.20 Å². The van der Waals surface area contributed by atoms with Gasteiger partial charge in [-0.25, -0.2) is 13.1 Å². The molecule has 0 spiro atoms. The molecule has 0 aliphatic carbocycles. The van der Waals surface area contributed by atoms with E-state index in [0.717, 1.165) is 0 Å². The summed E-state index contributed by atoms with van der Waals surface area (Å²) < 4.78 is 24.7. The smallest absolute Gasteiger partial charge is 0.224 e. The van der Waals surface area contributed by atoms with E-state index < -0.39 is 10.0 Å². The number of aromatic nitrogens is 4. The van der Waals surface area contributed by atoms with Crippen molar-refractivity contribution in [2.75, 3.05) is 30.4 Å². The van der Waals surface area contributed by atoms with E-state index in [1.54, 1.807) is 6.20 Å². The second kappa shape index (κ2) is 4.74. The molecule has 0 fully saturated rings. The fourth-order valence-corrected chi connectivity index (χ4v) is 1.97. The van der Waals surface area contributed by atoms with Gasteiger partial charge >= 0.3 is 0 Å². The summed E-state index contributed by atoms with van der Waals surface area (Å²) in [6, 6.07) is 0. The summed E-state index contributed by atoms with van der Waals surface area (Å²) in [6.45, 7) is 0.208. The van der Waals surface area contributed by atoms with Crippen molar-refractivity contribution in [2.24, 2.45) is 0 Å². The highest BCUT2D eigenvalue weighted by atomic mass is 32.2. The molecule has 0 aromatic carbocycles. The van der Waals surface area contributed by atoms with Crippen LogP contribution in [0.15, 0.2) is 6.20 Å². The van der Waals surface area contributed by atoms with Crippen molar-refractivity contribution in [3.8, 4) is 0 Å². The topological polar surface area (TPSA) is 139 Å². The second-order valence-electron chi connectivity index (χ2n) is 3.51. The van der Waals surface area contributed by atoms with Gasteiger partial charge in [0.15, 0.2) is 5.65 Å². The predicted molar refractivity (Wildman–Crippen MR) is 67.4 cm³/mol. The number of nitrogens with two attached hydrogens (primary N) is 1. The number of hydrogen-bond acceptors (Lipinski definition) is 7. The highest BCUT2D eigenvalue weighted by molar-refractivity contribution is 7.89. The number of nitrogens with zero attached hydrogens (tertiary/aromatic N) is 3. The van der Waals surface area contributed by atoms with E-state index in [1.807, 2.05) is 0 Å². The van der Waals surface area contributed by atoms with Gasteiger partial charge in [-0.05, 0) is 7.05 Å². The summed E-state index contributed by atoms with van der Waals surface area (Å²) in [5.74, 6) is 0.482. The Hall–Kier alpha value is -1.94. The van der Waals surface area contributed by atoms with Gasteiger partial charge in [0.05, 0.1) is 17.3 Å². The molecule has 0 aliphatic heterocycles. The third kappa shape index (κ3) is 2.65. The Labute approximate surface area is 103 Å². The number of nitrogen functional groups attached to an aromatic ring is 1. The molecular formula is C8H13N7O2S.